The van der Waals surface area contributed by atoms with Gasteiger partial charge in [-0.2, -0.15) is 0 Å². The number of hydrogen-bond donors (Lipinski definition) is 3. The zero-order chi connectivity index (χ0) is 13.7. The summed E-state index contributed by atoms with van der Waals surface area (Å²) in [7, 11) is 0. The van der Waals surface area contributed by atoms with Gasteiger partial charge in [-0.25, -0.2) is 5.84 Å². The first-order chi connectivity index (χ1) is 8.45. The molecule has 2 unspecified atom stereocenters. The first-order valence-electron chi connectivity index (χ1n) is 6.48. The number of carbonyl (C=O) groups excluding carboxylic acids is 2. The van der Waals surface area contributed by atoms with Crippen molar-refractivity contribution in [1.82, 2.24) is 10.3 Å². The highest BCUT2D eigenvalue weighted by Gasteiger charge is 2.29. The Morgan fingerprint density at radius 2 is 1.89 bits per heavy atom. The van der Waals surface area contributed by atoms with Crippen molar-refractivity contribution in [3.63, 3.8) is 0 Å². The summed E-state index contributed by atoms with van der Waals surface area (Å²) in [6, 6.07) is 0.156. The van der Waals surface area contributed by atoms with Crippen LogP contribution in [0.2, 0.25) is 0 Å². The van der Waals surface area contributed by atoms with Crippen LogP contribution in [0.3, 0.4) is 0 Å². The van der Waals surface area contributed by atoms with Gasteiger partial charge in [0.05, 0.1) is 5.92 Å². The predicted molar refractivity (Wildman–Crippen MR) is 69.1 cm³/mol. The first-order valence-corrected chi connectivity index (χ1v) is 6.48. The third-order valence-corrected chi connectivity index (χ3v) is 3.99. The Balaban J connectivity index is 2.42. The van der Waals surface area contributed by atoms with Gasteiger partial charge in [0.2, 0.25) is 11.8 Å². The molecule has 6 nitrogen and oxygen atoms in total. The van der Waals surface area contributed by atoms with E-state index in [0.29, 0.717) is 12.3 Å². The molecule has 0 aromatic rings. The molecule has 0 aromatic carbocycles. The lowest BCUT2D eigenvalue weighted by molar-refractivity contribution is -0.126. The number of carbonyl (C=O) groups is 2. The van der Waals surface area contributed by atoms with Crippen LogP contribution in [0.1, 0.15) is 33.1 Å². The van der Waals surface area contributed by atoms with Crippen LogP contribution in [0.25, 0.3) is 0 Å². The Labute approximate surface area is 108 Å². The zero-order valence-electron chi connectivity index (χ0n) is 11.2. The van der Waals surface area contributed by atoms with E-state index in [1.807, 2.05) is 13.8 Å². The minimum absolute atomic E-state index is 0.136. The SMILES string of the molecule is CC(C(=O)NN)C(C)N1CCC(CC(N)=O)CC1. The Bertz CT molecular complexity index is 300. The average Bonchev–Trinajstić information content (AvgIpc) is 2.36. The van der Waals surface area contributed by atoms with Gasteiger partial charge >= 0.3 is 0 Å². The number of nitrogens with zero attached hydrogens (tertiary/aromatic N) is 1. The maximum Gasteiger partial charge on any atom is 0.238 e. The lowest BCUT2D eigenvalue weighted by Gasteiger charge is -2.37. The topological polar surface area (TPSA) is 101 Å². The molecule has 1 saturated heterocycles. The molecule has 0 spiro atoms. The number of nitrogens with one attached hydrogen (secondary N) is 1. The van der Waals surface area contributed by atoms with E-state index in [9.17, 15) is 9.59 Å². The van der Waals surface area contributed by atoms with Crippen LogP contribution in [0.4, 0.5) is 0 Å². The number of piperidine rings is 1. The summed E-state index contributed by atoms with van der Waals surface area (Å²) in [5, 5.41) is 0. The Morgan fingerprint density at radius 1 is 1.33 bits per heavy atom. The maximum absolute atomic E-state index is 11.5. The number of hydrogen-bond acceptors (Lipinski definition) is 4. The summed E-state index contributed by atoms with van der Waals surface area (Å²) in [6.07, 6.45) is 2.40. The number of likely N-dealkylation sites (tertiary alicyclic amines) is 1. The van der Waals surface area contributed by atoms with Crippen LogP contribution >= 0.6 is 0 Å². The summed E-state index contributed by atoms with van der Waals surface area (Å²) in [4.78, 5) is 24.6. The molecule has 6 heteroatoms. The van der Waals surface area contributed by atoms with Crippen molar-refractivity contribution >= 4 is 11.8 Å². The van der Waals surface area contributed by atoms with Gasteiger partial charge in [0, 0.05) is 12.5 Å². The molecular weight excluding hydrogens is 232 g/mol. The van der Waals surface area contributed by atoms with Crippen molar-refractivity contribution in [3.05, 3.63) is 0 Å². The Kier molecular flexibility index (Phi) is 5.55. The predicted octanol–water partition coefficient (Wildman–Crippen LogP) is -0.412. The van der Waals surface area contributed by atoms with Gasteiger partial charge in [-0.15, -0.1) is 0 Å². The summed E-state index contributed by atoms with van der Waals surface area (Å²) >= 11 is 0. The Morgan fingerprint density at radius 3 is 2.33 bits per heavy atom. The normalized spacial score (nSPS) is 21.3. The molecule has 0 saturated carbocycles. The molecule has 18 heavy (non-hydrogen) atoms. The minimum atomic E-state index is -0.225. The molecule has 1 rings (SSSR count). The van der Waals surface area contributed by atoms with Gasteiger partial charge < -0.3 is 5.73 Å². The van der Waals surface area contributed by atoms with Crippen LogP contribution in [0.15, 0.2) is 0 Å². The molecule has 0 aromatic heterocycles. The third-order valence-electron chi connectivity index (χ3n) is 3.99. The van der Waals surface area contributed by atoms with Crippen molar-refractivity contribution in [1.29, 1.82) is 0 Å². The highest BCUT2D eigenvalue weighted by molar-refractivity contribution is 5.78. The second-order valence-corrected chi connectivity index (χ2v) is 5.19. The summed E-state index contributed by atoms with van der Waals surface area (Å²) in [5.41, 5.74) is 7.40. The molecule has 1 heterocycles. The number of amides is 2. The molecule has 0 bridgehead atoms. The molecule has 0 aliphatic carbocycles. The van der Waals surface area contributed by atoms with E-state index >= 15 is 0 Å². The number of primary amides is 1. The van der Waals surface area contributed by atoms with Gasteiger partial charge in [0.1, 0.15) is 0 Å². The van der Waals surface area contributed by atoms with E-state index in [-0.39, 0.29) is 23.8 Å². The molecular formula is C12H24N4O2. The van der Waals surface area contributed by atoms with E-state index in [0.717, 1.165) is 25.9 Å². The molecule has 2 atom stereocenters. The highest BCUT2D eigenvalue weighted by atomic mass is 16.2. The van der Waals surface area contributed by atoms with Gasteiger partial charge in [0.15, 0.2) is 0 Å². The smallest absolute Gasteiger partial charge is 0.238 e. The average molecular weight is 256 g/mol. The quantitative estimate of drug-likeness (QED) is 0.353. The fraction of sp³-hybridized carbons (Fsp3) is 0.833. The molecule has 1 aliphatic rings. The molecule has 2 amide bonds. The molecule has 0 radical (unpaired) electrons. The van der Waals surface area contributed by atoms with Crippen LogP contribution in [0.5, 0.6) is 0 Å². The largest absolute Gasteiger partial charge is 0.370 e. The molecule has 1 fully saturated rings. The minimum Gasteiger partial charge on any atom is -0.370 e. The number of nitrogens with two attached hydrogens (primary N) is 2. The van der Waals surface area contributed by atoms with Crippen molar-refractivity contribution in [2.75, 3.05) is 13.1 Å². The van der Waals surface area contributed by atoms with Crippen molar-refractivity contribution < 1.29 is 9.59 Å². The third kappa shape index (κ3) is 3.96. The van der Waals surface area contributed by atoms with Crippen LogP contribution < -0.4 is 17.0 Å². The van der Waals surface area contributed by atoms with Crippen LogP contribution in [-0.2, 0) is 9.59 Å². The lowest BCUT2D eigenvalue weighted by atomic mass is 9.91. The van der Waals surface area contributed by atoms with E-state index in [1.165, 1.54) is 0 Å². The molecule has 104 valence electrons. The van der Waals surface area contributed by atoms with E-state index in [1.54, 1.807) is 0 Å². The van der Waals surface area contributed by atoms with Crippen molar-refractivity contribution in [2.45, 2.75) is 39.2 Å². The van der Waals surface area contributed by atoms with Gasteiger partial charge in [-0.1, -0.05) is 6.92 Å². The maximum atomic E-state index is 11.5. The highest BCUT2D eigenvalue weighted by Crippen LogP contribution is 2.23. The standard InChI is InChI=1S/C12H24N4O2/c1-8(12(18)15-14)9(2)16-5-3-10(4-6-16)7-11(13)17/h8-10H,3-7,14H2,1-2H3,(H2,13,17)(H,15,18). The van der Waals surface area contributed by atoms with Crippen LogP contribution in [-0.4, -0.2) is 35.8 Å². The second kappa shape index (κ2) is 6.70. The van der Waals surface area contributed by atoms with Crippen molar-refractivity contribution in [2.24, 2.45) is 23.4 Å². The summed E-state index contributed by atoms with van der Waals surface area (Å²) in [6.45, 7) is 5.72. The summed E-state index contributed by atoms with van der Waals surface area (Å²) in [5.74, 6) is 5.04. The Hall–Kier alpha value is -1.14. The fourth-order valence-corrected chi connectivity index (χ4v) is 2.52. The van der Waals surface area contributed by atoms with Gasteiger partial charge in [-0.3, -0.25) is 19.9 Å². The zero-order valence-corrected chi connectivity index (χ0v) is 11.2. The fourth-order valence-electron chi connectivity index (χ4n) is 2.52. The van der Waals surface area contributed by atoms with Gasteiger partial charge in [-0.05, 0) is 38.8 Å². The molecule has 5 N–H and O–H groups in total. The lowest BCUT2D eigenvalue weighted by Crippen LogP contribution is -2.48. The van der Waals surface area contributed by atoms with Gasteiger partial charge in [0.25, 0.3) is 0 Å². The molecule has 1 aliphatic heterocycles. The second-order valence-electron chi connectivity index (χ2n) is 5.19. The van der Waals surface area contributed by atoms with E-state index in [2.05, 4.69) is 10.3 Å². The van der Waals surface area contributed by atoms with E-state index in [4.69, 9.17) is 11.6 Å². The number of rotatable bonds is 5. The van der Waals surface area contributed by atoms with Crippen LogP contribution in [0, 0.1) is 11.8 Å². The number of hydrazine groups is 1. The summed E-state index contributed by atoms with van der Waals surface area (Å²) < 4.78 is 0. The van der Waals surface area contributed by atoms with E-state index < -0.39 is 0 Å². The first kappa shape index (κ1) is 14.9. The van der Waals surface area contributed by atoms with Crippen molar-refractivity contribution in [3.8, 4) is 0 Å². The monoisotopic (exact) mass is 256 g/mol.